The molecule has 0 aliphatic carbocycles. The van der Waals surface area contributed by atoms with Crippen molar-refractivity contribution in [1.29, 1.82) is 0 Å². The maximum absolute atomic E-state index is 12.5. The van der Waals surface area contributed by atoms with E-state index in [-0.39, 0.29) is 5.91 Å². The molecule has 0 radical (unpaired) electrons. The number of anilines is 1. The van der Waals surface area contributed by atoms with Crippen LogP contribution in [0.25, 0.3) is 0 Å². The van der Waals surface area contributed by atoms with Gasteiger partial charge in [0.05, 0.1) is 12.2 Å². The van der Waals surface area contributed by atoms with Gasteiger partial charge >= 0.3 is 0 Å². The molecule has 2 aromatic rings. The van der Waals surface area contributed by atoms with Gasteiger partial charge in [-0.2, -0.15) is 0 Å². The molecule has 4 nitrogen and oxygen atoms in total. The Hall–Kier alpha value is -2.40. The van der Waals surface area contributed by atoms with Gasteiger partial charge in [0.25, 0.3) is 5.91 Å². The highest BCUT2D eigenvalue weighted by Gasteiger charge is 2.15. The fraction of sp³-hybridized carbons (Fsp3) is 0.222. The monoisotopic (exact) mass is 328 g/mol. The van der Waals surface area contributed by atoms with E-state index in [1.807, 2.05) is 50.4 Å². The van der Waals surface area contributed by atoms with Gasteiger partial charge in [-0.15, -0.1) is 0 Å². The normalized spacial score (nSPS) is 10.0. The number of hydrogen-bond acceptors (Lipinski definition) is 3. The number of hydrogen-bond donors (Lipinski definition) is 1. The van der Waals surface area contributed by atoms with Crippen molar-refractivity contribution in [3.63, 3.8) is 0 Å². The molecule has 5 heteroatoms. The molecular formula is C18H20N2O2S. The topological polar surface area (TPSA) is 41.6 Å². The number of carbonyl (C=O) groups excluding carboxylic acids is 1. The standard InChI is InChI=1S/C18H20N2O2S/c1-3-13-22-16-12-8-7-11-15(16)17(21)19-18(23)20(2)14-9-5-4-6-10-14/h4-12H,3,13H2,1-2H3,(H,19,21,23). The molecule has 0 aliphatic rings. The van der Waals surface area contributed by atoms with Crippen molar-refractivity contribution in [1.82, 2.24) is 5.32 Å². The minimum Gasteiger partial charge on any atom is -0.493 e. The van der Waals surface area contributed by atoms with Crippen LogP contribution in [0.3, 0.4) is 0 Å². The smallest absolute Gasteiger partial charge is 0.261 e. The third-order valence-electron chi connectivity index (χ3n) is 3.26. The molecular weight excluding hydrogens is 308 g/mol. The van der Waals surface area contributed by atoms with Crippen LogP contribution in [0.1, 0.15) is 23.7 Å². The molecule has 2 aromatic carbocycles. The Morgan fingerprint density at radius 1 is 1.13 bits per heavy atom. The van der Waals surface area contributed by atoms with Crippen LogP contribution in [0, 0.1) is 0 Å². The minimum absolute atomic E-state index is 0.274. The summed E-state index contributed by atoms with van der Waals surface area (Å²) in [6.07, 6.45) is 0.880. The lowest BCUT2D eigenvalue weighted by Gasteiger charge is -2.20. The predicted molar refractivity (Wildman–Crippen MR) is 97.1 cm³/mol. The first-order valence-electron chi connectivity index (χ1n) is 7.49. The van der Waals surface area contributed by atoms with Crippen LogP contribution in [0.2, 0.25) is 0 Å². The molecule has 120 valence electrons. The molecule has 0 saturated heterocycles. The largest absolute Gasteiger partial charge is 0.493 e. The zero-order chi connectivity index (χ0) is 16.7. The first-order valence-corrected chi connectivity index (χ1v) is 7.90. The molecule has 0 unspecified atom stereocenters. The molecule has 0 aliphatic heterocycles. The van der Waals surface area contributed by atoms with Gasteiger partial charge in [-0.1, -0.05) is 37.3 Å². The lowest BCUT2D eigenvalue weighted by atomic mass is 10.2. The molecule has 0 aromatic heterocycles. The molecule has 0 atom stereocenters. The summed E-state index contributed by atoms with van der Waals surface area (Å²) in [5.41, 5.74) is 1.39. The highest BCUT2D eigenvalue weighted by molar-refractivity contribution is 7.80. The lowest BCUT2D eigenvalue weighted by Crippen LogP contribution is -2.40. The van der Waals surface area contributed by atoms with E-state index in [1.165, 1.54) is 0 Å². The van der Waals surface area contributed by atoms with Gasteiger partial charge in [-0.05, 0) is 42.9 Å². The molecule has 1 N–H and O–H groups in total. The first-order chi connectivity index (χ1) is 11.1. The van der Waals surface area contributed by atoms with Crippen LogP contribution in [-0.4, -0.2) is 24.7 Å². The van der Waals surface area contributed by atoms with Crippen LogP contribution < -0.4 is 15.0 Å². The van der Waals surface area contributed by atoms with Gasteiger partial charge < -0.3 is 9.64 Å². The van der Waals surface area contributed by atoms with E-state index in [1.54, 1.807) is 23.1 Å². The van der Waals surface area contributed by atoms with Crippen LogP contribution >= 0.6 is 12.2 Å². The fourth-order valence-corrected chi connectivity index (χ4v) is 2.21. The number of ether oxygens (including phenoxy) is 1. The Kier molecular flexibility index (Phi) is 6.11. The van der Waals surface area contributed by atoms with Crippen LogP contribution in [0.15, 0.2) is 54.6 Å². The molecule has 2 rings (SSSR count). The second-order valence-electron chi connectivity index (χ2n) is 5.00. The van der Waals surface area contributed by atoms with E-state index < -0.39 is 0 Å². The molecule has 0 saturated carbocycles. The summed E-state index contributed by atoms with van der Waals surface area (Å²) in [5, 5.41) is 3.09. The Bertz CT molecular complexity index is 674. The number of rotatable bonds is 5. The first kappa shape index (κ1) is 17.0. The molecule has 0 heterocycles. The summed E-state index contributed by atoms with van der Waals surface area (Å²) in [6, 6.07) is 16.8. The maximum atomic E-state index is 12.5. The van der Waals surface area contributed by atoms with Crippen molar-refractivity contribution < 1.29 is 9.53 Å². The summed E-state index contributed by atoms with van der Waals surface area (Å²) in [7, 11) is 1.82. The number of thiocarbonyl (C=S) groups is 1. The minimum atomic E-state index is -0.274. The van der Waals surface area contributed by atoms with E-state index in [4.69, 9.17) is 17.0 Å². The van der Waals surface area contributed by atoms with Gasteiger partial charge in [0.1, 0.15) is 5.75 Å². The number of nitrogens with one attached hydrogen (secondary N) is 1. The SMILES string of the molecule is CCCOc1ccccc1C(=O)NC(=S)N(C)c1ccccc1. The predicted octanol–water partition coefficient (Wildman–Crippen LogP) is 3.63. The van der Waals surface area contributed by atoms with Crippen molar-refractivity contribution in [3.8, 4) is 5.75 Å². The zero-order valence-electron chi connectivity index (χ0n) is 13.3. The third-order valence-corrected chi connectivity index (χ3v) is 3.64. The van der Waals surface area contributed by atoms with Crippen LogP contribution in [-0.2, 0) is 0 Å². The maximum Gasteiger partial charge on any atom is 0.261 e. The van der Waals surface area contributed by atoms with Gasteiger partial charge in [0.15, 0.2) is 5.11 Å². The summed E-state index contributed by atoms with van der Waals surface area (Å²) < 4.78 is 5.62. The summed E-state index contributed by atoms with van der Waals surface area (Å²) in [4.78, 5) is 14.2. The number of nitrogens with zero attached hydrogens (tertiary/aromatic N) is 1. The second kappa shape index (κ2) is 8.29. The number of amides is 1. The van der Waals surface area contributed by atoms with Gasteiger partial charge in [-0.25, -0.2) is 0 Å². The highest BCUT2D eigenvalue weighted by atomic mass is 32.1. The van der Waals surface area contributed by atoms with Crippen molar-refractivity contribution in [2.45, 2.75) is 13.3 Å². The van der Waals surface area contributed by atoms with Crippen molar-refractivity contribution in [2.75, 3.05) is 18.6 Å². The molecule has 0 spiro atoms. The van der Waals surface area contributed by atoms with Crippen molar-refractivity contribution in [3.05, 3.63) is 60.2 Å². The van der Waals surface area contributed by atoms with Crippen molar-refractivity contribution >= 4 is 28.9 Å². The zero-order valence-corrected chi connectivity index (χ0v) is 14.1. The summed E-state index contributed by atoms with van der Waals surface area (Å²) >= 11 is 5.32. The Morgan fingerprint density at radius 2 is 1.78 bits per heavy atom. The van der Waals surface area contributed by atoms with E-state index in [0.717, 1.165) is 12.1 Å². The molecule has 23 heavy (non-hydrogen) atoms. The summed E-state index contributed by atoms with van der Waals surface area (Å²) in [6.45, 7) is 2.59. The van der Waals surface area contributed by atoms with Crippen LogP contribution in [0.5, 0.6) is 5.75 Å². The number of benzene rings is 2. The molecule has 0 fully saturated rings. The highest BCUT2D eigenvalue weighted by Crippen LogP contribution is 2.18. The Morgan fingerprint density at radius 3 is 2.48 bits per heavy atom. The second-order valence-corrected chi connectivity index (χ2v) is 5.39. The van der Waals surface area contributed by atoms with Crippen molar-refractivity contribution in [2.24, 2.45) is 0 Å². The third kappa shape index (κ3) is 4.53. The lowest BCUT2D eigenvalue weighted by molar-refractivity contribution is 0.0973. The van der Waals surface area contributed by atoms with Gasteiger partial charge in [-0.3, -0.25) is 10.1 Å². The van der Waals surface area contributed by atoms with Gasteiger partial charge in [0.2, 0.25) is 0 Å². The quantitative estimate of drug-likeness (QED) is 0.851. The molecule has 1 amide bonds. The number of carbonyl (C=O) groups is 1. The Balaban J connectivity index is 2.08. The van der Waals surface area contributed by atoms with E-state index in [9.17, 15) is 4.79 Å². The molecule has 0 bridgehead atoms. The average Bonchev–Trinajstić information content (AvgIpc) is 2.60. The van der Waals surface area contributed by atoms with Crippen LogP contribution in [0.4, 0.5) is 5.69 Å². The number of para-hydroxylation sites is 2. The van der Waals surface area contributed by atoms with E-state index in [0.29, 0.717) is 23.0 Å². The van der Waals surface area contributed by atoms with E-state index in [2.05, 4.69) is 5.32 Å². The fourth-order valence-electron chi connectivity index (χ4n) is 2.01. The summed E-state index contributed by atoms with van der Waals surface area (Å²) in [5.74, 6) is 0.293. The average molecular weight is 328 g/mol. The van der Waals surface area contributed by atoms with E-state index >= 15 is 0 Å². The van der Waals surface area contributed by atoms with Gasteiger partial charge in [0, 0.05) is 12.7 Å². The Labute approximate surface area is 142 Å².